The summed E-state index contributed by atoms with van der Waals surface area (Å²) in [5.74, 6) is 0.0350. The fourth-order valence-electron chi connectivity index (χ4n) is 4.99. The van der Waals surface area contributed by atoms with Gasteiger partial charge in [0.1, 0.15) is 16.9 Å². The van der Waals surface area contributed by atoms with Gasteiger partial charge in [-0.3, -0.25) is 14.5 Å². The number of aromatic nitrogens is 2. The van der Waals surface area contributed by atoms with E-state index >= 15 is 0 Å². The van der Waals surface area contributed by atoms with Crippen molar-refractivity contribution >= 4 is 34.3 Å². The van der Waals surface area contributed by atoms with Crippen LogP contribution in [0.3, 0.4) is 0 Å². The highest BCUT2D eigenvalue weighted by Crippen LogP contribution is 2.37. The van der Waals surface area contributed by atoms with Gasteiger partial charge < -0.3 is 30.6 Å². The van der Waals surface area contributed by atoms with Gasteiger partial charge in [-0.05, 0) is 65.0 Å². The molecule has 0 unspecified atom stereocenters. The van der Waals surface area contributed by atoms with Gasteiger partial charge in [0.15, 0.2) is 0 Å². The van der Waals surface area contributed by atoms with Gasteiger partial charge in [-0.2, -0.15) is 0 Å². The number of rotatable bonds is 6. The van der Waals surface area contributed by atoms with Crippen LogP contribution in [-0.2, 0) is 0 Å². The maximum Gasteiger partial charge on any atom is 0.263 e. The highest BCUT2D eigenvalue weighted by atomic mass is 16.5. The number of piperazine rings is 1. The number of carbonyl (C=O) groups is 1. The molecule has 10 heteroatoms. The highest BCUT2D eigenvalue weighted by molar-refractivity contribution is 6.08. The van der Waals surface area contributed by atoms with E-state index in [0.29, 0.717) is 35.5 Å². The van der Waals surface area contributed by atoms with Gasteiger partial charge in [-0.1, -0.05) is 0 Å². The Labute approximate surface area is 228 Å². The number of carbonyl (C=O) groups excluding carboxylic acids is 1. The normalized spacial score (nSPS) is 16.7. The SMILES string of the molecule is Cc1c(Nc2cc[nH]c(=O)c2C(=O)Nc2ccc(N3CCN(C(C)C)CC3)cc2)cnc2c1NCC(C)(C)O2. The Morgan fingerprint density at radius 2 is 1.79 bits per heavy atom. The molecule has 0 aliphatic carbocycles. The first-order chi connectivity index (χ1) is 18.6. The van der Waals surface area contributed by atoms with E-state index in [9.17, 15) is 9.59 Å². The molecule has 0 saturated carbocycles. The second-order valence-electron chi connectivity index (χ2n) is 11.0. The van der Waals surface area contributed by atoms with Crippen LogP contribution in [0.4, 0.5) is 28.4 Å². The van der Waals surface area contributed by atoms with Crippen molar-refractivity contribution in [2.75, 3.05) is 53.6 Å². The van der Waals surface area contributed by atoms with E-state index in [0.717, 1.165) is 43.1 Å². The Balaban J connectivity index is 1.31. The van der Waals surface area contributed by atoms with Crippen LogP contribution in [0.5, 0.6) is 5.88 Å². The molecule has 1 aromatic carbocycles. The molecule has 2 aliphatic heterocycles. The summed E-state index contributed by atoms with van der Waals surface area (Å²) in [4.78, 5) is 38.0. The Kier molecular flexibility index (Phi) is 7.22. The predicted molar refractivity (Wildman–Crippen MR) is 156 cm³/mol. The Bertz CT molecular complexity index is 1410. The summed E-state index contributed by atoms with van der Waals surface area (Å²) in [7, 11) is 0. The Hall–Kier alpha value is -4.05. The standard InChI is InChI=1S/C29H37N7O3/c1-18(2)35-12-14-36(15-13-35)21-8-6-20(7-9-21)33-27(38)24-22(10-11-30-26(24)37)34-23-16-31-28-25(19(23)3)32-17-29(4,5)39-28/h6-11,16,18,32H,12-15,17H2,1-5H3,(H,33,38)(H2,30,34,37). The Morgan fingerprint density at radius 1 is 1.08 bits per heavy atom. The fraction of sp³-hybridized carbons (Fsp3) is 0.414. The van der Waals surface area contributed by atoms with Gasteiger partial charge in [0.05, 0.1) is 24.1 Å². The van der Waals surface area contributed by atoms with Crippen LogP contribution < -0.4 is 31.1 Å². The van der Waals surface area contributed by atoms with Gasteiger partial charge in [0, 0.05) is 55.4 Å². The van der Waals surface area contributed by atoms with Crippen LogP contribution in [0.2, 0.25) is 0 Å². The number of hydrogen-bond acceptors (Lipinski definition) is 8. The number of aromatic amines is 1. The van der Waals surface area contributed by atoms with Crippen molar-refractivity contribution in [2.24, 2.45) is 0 Å². The lowest BCUT2D eigenvalue weighted by atomic mass is 10.1. The van der Waals surface area contributed by atoms with Crippen molar-refractivity contribution in [2.45, 2.75) is 46.3 Å². The number of ether oxygens (including phenoxy) is 1. The van der Waals surface area contributed by atoms with Crippen LogP contribution in [0.1, 0.15) is 43.6 Å². The summed E-state index contributed by atoms with van der Waals surface area (Å²) in [6.45, 7) is 15.0. The van der Waals surface area contributed by atoms with Gasteiger partial charge >= 0.3 is 0 Å². The molecule has 4 heterocycles. The number of amides is 1. The molecule has 2 aromatic heterocycles. The average Bonchev–Trinajstić information content (AvgIpc) is 2.90. The van der Waals surface area contributed by atoms with Gasteiger partial charge in [-0.25, -0.2) is 4.98 Å². The van der Waals surface area contributed by atoms with E-state index < -0.39 is 11.5 Å². The number of anilines is 5. The van der Waals surface area contributed by atoms with Crippen LogP contribution in [0, 0.1) is 6.92 Å². The minimum atomic E-state index is -0.496. The molecule has 0 radical (unpaired) electrons. The fourth-order valence-corrected chi connectivity index (χ4v) is 4.99. The zero-order chi connectivity index (χ0) is 27.7. The molecule has 0 bridgehead atoms. The third kappa shape index (κ3) is 5.70. The number of pyridine rings is 2. The first kappa shape index (κ1) is 26.6. The number of fused-ring (bicyclic) bond motifs is 1. The van der Waals surface area contributed by atoms with Crippen molar-refractivity contribution in [3.05, 3.63) is 64.2 Å². The molecular weight excluding hydrogens is 494 g/mol. The maximum atomic E-state index is 13.3. The first-order valence-corrected chi connectivity index (χ1v) is 13.4. The minimum absolute atomic E-state index is 0.00570. The molecule has 5 rings (SSSR count). The molecular formula is C29H37N7O3. The summed E-state index contributed by atoms with van der Waals surface area (Å²) in [6.07, 6.45) is 3.17. The lowest BCUT2D eigenvalue weighted by Crippen LogP contribution is -2.48. The quantitative estimate of drug-likeness (QED) is 0.375. The van der Waals surface area contributed by atoms with E-state index in [1.54, 1.807) is 12.3 Å². The van der Waals surface area contributed by atoms with Crippen molar-refractivity contribution in [1.29, 1.82) is 0 Å². The molecule has 206 valence electrons. The summed E-state index contributed by atoms with van der Waals surface area (Å²) >= 11 is 0. The van der Waals surface area contributed by atoms with Crippen LogP contribution in [0.15, 0.2) is 47.5 Å². The summed E-state index contributed by atoms with van der Waals surface area (Å²) in [5, 5.41) is 9.49. The molecule has 1 fully saturated rings. The lowest BCUT2D eigenvalue weighted by Gasteiger charge is -2.38. The molecule has 0 spiro atoms. The monoisotopic (exact) mass is 531 g/mol. The van der Waals surface area contributed by atoms with Crippen molar-refractivity contribution in [1.82, 2.24) is 14.9 Å². The summed E-state index contributed by atoms with van der Waals surface area (Å²) in [6, 6.07) is 9.98. The van der Waals surface area contributed by atoms with E-state index in [-0.39, 0.29) is 11.2 Å². The summed E-state index contributed by atoms with van der Waals surface area (Å²) < 4.78 is 5.99. The van der Waals surface area contributed by atoms with Crippen LogP contribution in [-0.4, -0.2) is 65.1 Å². The average molecular weight is 532 g/mol. The molecule has 0 atom stereocenters. The molecule has 4 N–H and O–H groups in total. The topological polar surface area (TPSA) is 115 Å². The molecule has 10 nitrogen and oxygen atoms in total. The van der Waals surface area contributed by atoms with Crippen molar-refractivity contribution in [3.8, 4) is 5.88 Å². The van der Waals surface area contributed by atoms with Crippen molar-refractivity contribution in [3.63, 3.8) is 0 Å². The molecule has 2 aliphatic rings. The number of H-pyrrole nitrogens is 1. The third-order valence-corrected chi connectivity index (χ3v) is 7.36. The zero-order valence-corrected chi connectivity index (χ0v) is 23.2. The number of hydrogen-bond donors (Lipinski definition) is 4. The Morgan fingerprint density at radius 3 is 2.49 bits per heavy atom. The number of nitrogens with zero attached hydrogens (tertiary/aromatic N) is 3. The highest BCUT2D eigenvalue weighted by Gasteiger charge is 2.29. The number of nitrogens with one attached hydrogen (secondary N) is 4. The predicted octanol–water partition coefficient (Wildman–Crippen LogP) is 4.19. The van der Waals surface area contributed by atoms with Gasteiger partial charge in [0.2, 0.25) is 5.88 Å². The van der Waals surface area contributed by atoms with E-state index in [1.165, 1.54) is 6.20 Å². The van der Waals surface area contributed by atoms with Crippen LogP contribution >= 0.6 is 0 Å². The molecule has 1 amide bonds. The molecule has 39 heavy (non-hydrogen) atoms. The largest absolute Gasteiger partial charge is 0.468 e. The molecule has 1 saturated heterocycles. The van der Waals surface area contributed by atoms with Gasteiger partial charge in [0.25, 0.3) is 11.5 Å². The van der Waals surface area contributed by atoms with Crippen LogP contribution in [0.25, 0.3) is 0 Å². The smallest absolute Gasteiger partial charge is 0.263 e. The maximum absolute atomic E-state index is 13.3. The van der Waals surface area contributed by atoms with E-state index in [2.05, 4.69) is 49.6 Å². The third-order valence-electron chi connectivity index (χ3n) is 7.36. The first-order valence-electron chi connectivity index (χ1n) is 13.4. The van der Waals surface area contributed by atoms with Crippen molar-refractivity contribution < 1.29 is 9.53 Å². The van der Waals surface area contributed by atoms with E-state index in [1.807, 2.05) is 45.0 Å². The lowest BCUT2D eigenvalue weighted by molar-refractivity contribution is 0.102. The minimum Gasteiger partial charge on any atom is -0.468 e. The number of benzene rings is 1. The second kappa shape index (κ2) is 10.6. The molecule has 3 aromatic rings. The van der Waals surface area contributed by atoms with Gasteiger partial charge in [-0.15, -0.1) is 0 Å². The summed E-state index contributed by atoms with van der Waals surface area (Å²) in [5.41, 5.74) is 3.62. The second-order valence-corrected chi connectivity index (χ2v) is 11.0. The zero-order valence-electron chi connectivity index (χ0n) is 23.2. The van der Waals surface area contributed by atoms with E-state index in [4.69, 9.17) is 4.74 Å².